The van der Waals surface area contributed by atoms with Gasteiger partial charge in [-0.15, -0.1) is 0 Å². The molecule has 25 heavy (non-hydrogen) atoms. The van der Waals surface area contributed by atoms with Gasteiger partial charge in [-0.25, -0.2) is 4.98 Å². The van der Waals surface area contributed by atoms with Gasteiger partial charge in [-0.1, -0.05) is 30.8 Å². The van der Waals surface area contributed by atoms with Crippen LogP contribution in [0.1, 0.15) is 12.5 Å². The highest BCUT2D eigenvalue weighted by Crippen LogP contribution is 2.19. The number of thioether (sulfide) groups is 1. The van der Waals surface area contributed by atoms with Crippen molar-refractivity contribution < 1.29 is 0 Å². The molecule has 0 saturated carbocycles. The van der Waals surface area contributed by atoms with Crippen molar-refractivity contribution in [3.8, 4) is 0 Å². The summed E-state index contributed by atoms with van der Waals surface area (Å²) in [7, 11) is 0. The van der Waals surface area contributed by atoms with E-state index < -0.39 is 0 Å². The monoisotopic (exact) mass is 358 g/mol. The summed E-state index contributed by atoms with van der Waals surface area (Å²) in [6, 6.07) is 10.2. The minimum atomic E-state index is -0.0857. The lowest BCUT2D eigenvalue weighted by Crippen LogP contribution is -2.47. The van der Waals surface area contributed by atoms with Crippen LogP contribution < -0.4 is 10.5 Å². The maximum atomic E-state index is 11.3. The topological polar surface area (TPSA) is 52.2 Å². The van der Waals surface area contributed by atoms with E-state index in [0.29, 0.717) is 11.1 Å². The number of H-pyrrole nitrogens is 1. The zero-order chi connectivity index (χ0) is 17.6. The van der Waals surface area contributed by atoms with E-state index in [2.05, 4.69) is 57.9 Å². The molecule has 0 bridgehead atoms. The zero-order valence-corrected chi connectivity index (χ0v) is 15.8. The van der Waals surface area contributed by atoms with Gasteiger partial charge in [0, 0.05) is 56.4 Å². The SMILES string of the molecule is Cc1cccc(N2CCN(CC(C)CSc3nccc(=O)[nH]3)CC2)c1. The second-order valence-corrected chi connectivity index (χ2v) is 7.79. The molecule has 1 N–H and O–H groups in total. The number of hydrogen-bond acceptors (Lipinski definition) is 5. The molecule has 0 radical (unpaired) electrons. The molecule has 1 unspecified atom stereocenters. The van der Waals surface area contributed by atoms with Gasteiger partial charge in [0.2, 0.25) is 0 Å². The van der Waals surface area contributed by atoms with E-state index in [0.717, 1.165) is 38.5 Å². The Hall–Kier alpha value is -1.79. The molecule has 1 fully saturated rings. The van der Waals surface area contributed by atoms with Crippen molar-refractivity contribution in [2.24, 2.45) is 5.92 Å². The highest BCUT2D eigenvalue weighted by Gasteiger charge is 2.19. The van der Waals surface area contributed by atoms with Gasteiger partial charge in [0.1, 0.15) is 0 Å². The van der Waals surface area contributed by atoms with Crippen LogP contribution in [0.4, 0.5) is 5.69 Å². The Morgan fingerprint density at radius 2 is 2.04 bits per heavy atom. The van der Waals surface area contributed by atoms with Crippen molar-refractivity contribution >= 4 is 17.4 Å². The average molecular weight is 359 g/mol. The number of nitrogens with zero attached hydrogens (tertiary/aromatic N) is 3. The van der Waals surface area contributed by atoms with Crippen molar-refractivity contribution in [1.82, 2.24) is 14.9 Å². The number of aromatic nitrogens is 2. The molecule has 1 saturated heterocycles. The Morgan fingerprint density at radius 3 is 2.76 bits per heavy atom. The molecule has 0 aliphatic carbocycles. The van der Waals surface area contributed by atoms with Gasteiger partial charge in [-0.3, -0.25) is 9.69 Å². The van der Waals surface area contributed by atoms with Crippen molar-refractivity contribution in [3.05, 3.63) is 52.4 Å². The standard InChI is InChI=1S/C19H26N4OS/c1-15-4-3-5-17(12-15)23-10-8-22(9-11-23)13-16(2)14-25-19-20-7-6-18(24)21-19/h3-7,12,16H,8-11,13-14H2,1-2H3,(H,20,21,24). The predicted octanol–water partition coefficient (Wildman–Crippen LogP) is 2.63. The van der Waals surface area contributed by atoms with Crippen LogP contribution in [0.15, 0.2) is 46.5 Å². The third-order valence-electron chi connectivity index (χ3n) is 4.46. The summed E-state index contributed by atoms with van der Waals surface area (Å²) in [5, 5.41) is 0.712. The van der Waals surface area contributed by atoms with E-state index in [1.165, 1.54) is 17.3 Å². The van der Waals surface area contributed by atoms with Crippen molar-refractivity contribution in [2.75, 3.05) is 43.4 Å². The van der Waals surface area contributed by atoms with Gasteiger partial charge in [-0.2, -0.15) is 0 Å². The Kier molecular flexibility index (Phi) is 6.15. The lowest BCUT2D eigenvalue weighted by Gasteiger charge is -2.37. The molecule has 1 aliphatic heterocycles. The van der Waals surface area contributed by atoms with Crippen LogP contribution in [0, 0.1) is 12.8 Å². The smallest absolute Gasteiger partial charge is 0.251 e. The first-order chi connectivity index (χ1) is 12.1. The summed E-state index contributed by atoms with van der Waals surface area (Å²) in [4.78, 5) is 23.3. The van der Waals surface area contributed by atoms with Crippen molar-refractivity contribution in [3.63, 3.8) is 0 Å². The highest BCUT2D eigenvalue weighted by molar-refractivity contribution is 7.99. The predicted molar refractivity (Wildman–Crippen MR) is 105 cm³/mol. The van der Waals surface area contributed by atoms with Gasteiger partial charge >= 0.3 is 0 Å². The third-order valence-corrected chi connectivity index (χ3v) is 5.68. The summed E-state index contributed by atoms with van der Waals surface area (Å²) < 4.78 is 0. The molecule has 5 nitrogen and oxygen atoms in total. The first kappa shape index (κ1) is 18.0. The number of piperazine rings is 1. The summed E-state index contributed by atoms with van der Waals surface area (Å²) in [6.07, 6.45) is 1.57. The van der Waals surface area contributed by atoms with Gasteiger partial charge in [0.05, 0.1) is 0 Å². The Labute approximate surface area is 153 Å². The molecular formula is C19H26N4OS. The number of anilines is 1. The molecule has 3 rings (SSSR count). The number of benzene rings is 1. The molecule has 1 aromatic carbocycles. The van der Waals surface area contributed by atoms with Crippen LogP contribution in [-0.2, 0) is 0 Å². The second-order valence-electron chi connectivity index (χ2n) is 6.78. The molecule has 2 aromatic rings. The minimum absolute atomic E-state index is 0.0857. The Morgan fingerprint density at radius 1 is 1.24 bits per heavy atom. The Balaban J connectivity index is 1.43. The maximum Gasteiger partial charge on any atom is 0.251 e. The fourth-order valence-corrected chi connectivity index (χ4v) is 4.01. The van der Waals surface area contributed by atoms with Gasteiger partial charge in [0.15, 0.2) is 5.16 Å². The van der Waals surface area contributed by atoms with E-state index in [1.807, 2.05) is 0 Å². The fourth-order valence-electron chi connectivity index (χ4n) is 3.15. The molecule has 0 amide bonds. The zero-order valence-electron chi connectivity index (χ0n) is 14.9. The molecule has 1 atom stereocenters. The van der Waals surface area contributed by atoms with E-state index in [9.17, 15) is 4.79 Å². The normalized spacial score (nSPS) is 16.8. The van der Waals surface area contributed by atoms with Crippen LogP contribution in [0.3, 0.4) is 0 Å². The third kappa shape index (κ3) is 5.34. The van der Waals surface area contributed by atoms with E-state index >= 15 is 0 Å². The molecule has 1 aromatic heterocycles. The van der Waals surface area contributed by atoms with Crippen LogP contribution in [-0.4, -0.2) is 53.3 Å². The van der Waals surface area contributed by atoms with E-state index in [-0.39, 0.29) is 5.56 Å². The second kappa shape index (κ2) is 8.54. The molecule has 134 valence electrons. The van der Waals surface area contributed by atoms with Crippen LogP contribution >= 0.6 is 11.8 Å². The summed E-state index contributed by atoms with van der Waals surface area (Å²) in [5.74, 6) is 1.52. The minimum Gasteiger partial charge on any atom is -0.369 e. The highest BCUT2D eigenvalue weighted by atomic mass is 32.2. The number of nitrogens with one attached hydrogen (secondary N) is 1. The van der Waals surface area contributed by atoms with Crippen LogP contribution in [0.5, 0.6) is 0 Å². The molecular weight excluding hydrogens is 332 g/mol. The molecule has 6 heteroatoms. The average Bonchev–Trinajstić information content (AvgIpc) is 2.61. The number of hydrogen-bond donors (Lipinski definition) is 1. The maximum absolute atomic E-state index is 11.3. The van der Waals surface area contributed by atoms with E-state index in [4.69, 9.17) is 0 Å². The van der Waals surface area contributed by atoms with Crippen LogP contribution in [0.2, 0.25) is 0 Å². The van der Waals surface area contributed by atoms with Crippen molar-refractivity contribution in [2.45, 2.75) is 19.0 Å². The lowest BCUT2D eigenvalue weighted by atomic mass is 10.1. The fraction of sp³-hybridized carbons (Fsp3) is 0.474. The summed E-state index contributed by atoms with van der Waals surface area (Å²) >= 11 is 1.63. The lowest BCUT2D eigenvalue weighted by molar-refractivity contribution is 0.233. The van der Waals surface area contributed by atoms with Gasteiger partial charge in [0.25, 0.3) is 5.56 Å². The van der Waals surface area contributed by atoms with Crippen molar-refractivity contribution in [1.29, 1.82) is 0 Å². The van der Waals surface area contributed by atoms with Gasteiger partial charge < -0.3 is 9.88 Å². The first-order valence-electron chi connectivity index (χ1n) is 8.82. The van der Waals surface area contributed by atoms with E-state index in [1.54, 1.807) is 18.0 Å². The summed E-state index contributed by atoms with van der Waals surface area (Å²) in [6.45, 7) is 9.86. The molecule has 0 spiro atoms. The molecule has 2 heterocycles. The van der Waals surface area contributed by atoms with Gasteiger partial charge in [-0.05, 0) is 30.5 Å². The first-order valence-corrected chi connectivity index (χ1v) is 9.81. The molecule has 1 aliphatic rings. The quantitative estimate of drug-likeness (QED) is 0.635. The number of rotatable bonds is 6. The number of aromatic amines is 1. The van der Waals surface area contributed by atoms with Crippen LogP contribution in [0.25, 0.3) is 0 Å². The summed E-state index contributed by atoms with van der Waals surface area (Å²) in [5.41, 5.74) is 2.57. The Bertz CT molecular complexity index is 740. The number of aryl methyl sites for hydroxylation is 1. The largest absolute Gasteiger partial charge is 0.369 e.